The molecule has 0 spiro atoms. The molecule has 25 heavy (non-hydrogen) atoms. The van der Waals surface area contributed by atoms with Crippen molar-refractivity contribution in [3.8, 4) is 22.9 Å². The average molecular weight is 358 g/mol. The number of halogens is 1. The molecule has 3 rings (SSSR count). The lowest BCUT2D eigenvalue weighted by Crippen LogP contribution is -2.04. The van der Waals surface area contributed by atoms with Crippen molar-refractivity contribution in [1.82, 2.24) is 15.0 Å². The Hall–Kier alpha value is -3.06. The van der Waals surface area contributed by atoms with Gasteiger partial charge in [0.05, 0.1) is 7.11 Å². The van der Waals surface area contributed by atoms with Crippen LogP contribution in [0.25, 0.3) is 11.4 Å². The minimum Gasteiger partial charge on any atom is -0.493 e. The summed E-state index contributed by atoms with van der Waals surface area (Å²) in [5.74, 6) is 1.63. The molecule has 0 fully saturated rings. The third-order valence-corrected chi connectivity index (χ3v) is 3.65. The molecule has 8 heteroatoms. The number of nitrogen functional groups attached to an aromatic ring is 2. The molecule has 128 valence electrons. The van der Waals surface area contributed by atoms with Crippen molar-refractivity contribution in [2.45, 2.75) is 6.61 Å². The second kappa shape index (κ2) is 7.23. The van der Waals surface area contributed by atoms with Crippen molar-refractivity contribution in [3.05, 3.63) is 53.1 Å². The van der Waals surface area contributed by atoms with E-state index in [1.807, 2.05) is 24.3 Å². The lowest BCUT2D eigenvalue weighted by atomic mass is 10.2. The van der Waals surface area contributed by atoms with E-state index >= 15 is 0 Å². The van der Waals surface area contributed by atoms with E-state index in [1.165, 1.54) is 0 Å². The van der Waals surface area contributed by atoms with Crippen LogP contribution < -0.4 is 20.9 Å². The molecule has 4 N–H and O–H groups in total. The summed E-state index contributed by atoms with van der Waals surface area (Å²) in [5.41, 5.74) is 12.9. The van der Waals surface area contributed by atoms with Crippen LogP contribution in [0.5, 0.6) is 11.5 Å². The van der Waals surface area contributed by atoms with Gasteiger partial charge in [0.1, 0.15) is 6.61 Å². The molecule has 0 bridgehead atoms. The summed E-state index contributed by atoms with van der Waals surface area (Å²) < 4.78 is 11.2. The van der Waals surface area contributed by atoms with Gasteiger partial charge in [-0.1, -0.05) is 23.7 Å². The van der Waals surface area contributed by atoms with Crippen molar-refractivity contribution in [3.63, 3.8) is 0 Å². The Bertz CT molecular complexity index is 866. The number of anilines is 2. The van der Waals surface area contributed by atoms with Crippen molar-refractivity contribution in [2.24, 2.45) is 0 Å². The fourth-order valence-electron chi connectivity index (χ4n) is 2.21. The first kappa shape index (κ1) is 16.8. The van der Waals surface area contributed by atoms with Crippen molar-refractivity contribution >= 4 is 23.5 Å². The minimum atomic E-state index is 0.0598. The van der Waals surface area contributed by atoms with Gasteiger partial charge in [-0.3, -0.25) is 0 Å². The Balaban J connectivity index is 1.82. The van der Waals surface area contributed by atoms with Gasteiger partial charge in [-0.15, -0.1) is 0 Å². The van der Waals surface area contributed by atoms with E-state index < -0.39 is 0 Å². The zero-order valence-electron chi connectivity index (χ0n) is 13.4. The first-order valence-electron chi connectivity index (χ1n) is 7.38. The molecule has 3 aromatic rings. The number of hydrogen-bond donors (Lipinski definition) is 2. The molecule has 0 unspecified atom stereocenters. The van der Waals surface area contributed by atoms with Crippen LogP contribution in [0.3, 0.4) is 0 Å². The summed E-state index contributed by atoms with van der Waals surface area (Å²) in [6.45, 7) is 0.387. The molecule has 1 aromatic heterocycles. The second-order valence-electron chi connectivity index (χ2n) is 5.16. The molecule has 0 aliphatic heterocycles. The largest absolute Gasteiger partial charge is 0.493 e. The number of rotatable bonds is 5. The van der Waals surface area contributed by atoms with E-state index in [9.17, 15) is 0 Å². The minimum absolute atomic E-state index is 0.0598. The highest BCUT2D eigenvalue weighted by molar-refractivity contribution is 6.30. The van der Waals surface area contributed by atoms with Gasteiger partial charge in [0.25, 0.3) is 0 Å². The number of hydrogen-bond acceptors (Lipinski definition) is 7. The number of benzene rings is 2. The molecular formula is C17H16ClN5O2. The number of methoxy groups -OCH3 is 1. The summed E-state index contributed by atoms with van der Waals surface area (Å²) >= 11 is 5.88. The Morgan fingerprint density at radius 2 is 1.60 bits per heavy atom. The first-order chi connectivity index (χ1) is 12.0. The highest BCUT2D eigenvalue weighted by Gasteiger charge is 2.11. The van der Waals surface area contributed by atoms with Gasteiger partial charge in [-0.05, 0) is 35.9 Å². The van der Waals surface area contributed by atoms with Crippen LogP contribution in [0.2, 0.25) is 5.02 Å². The van der Waals surface area contributed by atoms with Crippen LogP contribution in [0.1, 0.15) is 5.56 Å². The van der Waals surface area contributed by atoms with E-state index in [-0.39, 0.29) is 11.9 Å². The molecule has 7 nitrogen and oxygen atoms in total. The molecule has 1 heterocycles. The molecule has 0 aliphatic rings. The van der Waals surface area contributed by atoms with E-state index in [4.69, 9.17) is 32.5 Å². The Labute approximate surface area is 149 Å². The standard InChI is InChI=1S/C17H16ClN5O2/c1-24-14-8-11(15-21-16(19)23-17(20)22-15)4-7-13(14)25-9-10-2-5-12(18)6-3-10/h2-8H,9H2,1H3,(H4,19,20,21,22,23). The van der Waals surface area contributed by atoms with E-state index in [2.05, 4.69) is 15.0 Å². The fraction of sp³-hybridized carbons (Fsp3) is 0.118. The van der Waals surface area contributed by atoms with Gasteiger partial charge in [-0.25, -0.2) is 0 Å². The molecule has 0 aliphatic carbocycles. The lowest BCUT2D eigenvalue weighted by Gasteiger charge is -2.12. The molecule has 0 amide bonds. The van der Waals surface area contributed by atoms with Crippen LogP contribution in [0.4, 0.5) is 11.9 Å². The van der Waals surface area contributed by atoms with Crippen LogP contribution in [0, 0.1) is 0 Å². The third kappa shape index (κ3) is 4.07. The van der Waals surface area contributed by atoms with Crippen molar-refractivity contribution in [1.29, 1.82) is 0 Å². The summed E-state index contributed by atoms with van der Waals surface area (Å²) in [7, 11) is 1.56. The summed E-state index contributed by atoms with van der Waals surface area (Å²) in [6.07, 6.45) is 0. The van der Waals surface area contributed by atoms with Crippen LogP contribution in [-0.4, -0.2) is 22.1 Å². The number of nitrogens with zero attached hydrogens (tertiary/aromatic N) is 3. The molecular weight excluding hydrogens is 342 g/mol. The number of nitrogens with two attached hydrogens (primary N) is 2. The maximum Gasteiger partial charge on any atom is 0.225 e. The maximum absolute atomic E-state index is 5.88. The molecule has 0 atom stereocenters. The fourth-order valence-corrected chi connectivity index (χ4v) is 2.33. The summed E-state index contributed by atoms with van der Waals surface area (Å²) in [5, 5.41) is 0.682. The van der Waals surface area contributed by atoms with E-state index in [1.54, 1.807) is 25.3 Å². The first-order valence-corrected chi connectivity index (χ1v) is 7.75. The van der Waals surface area contributed by atoms with Gasteiger partial charge in [-0.2, -0.15) is 15.0 Å². The number of ether oxygens (including phenoxy) is 2. The van der Waals surface area contributed by atoms with E-state index in [0.717, 1.165) is 5.56 Å². The van der Waals surface area contributed by atoms with Crippen molar-refractivity contribution < 1.29 is 9.47 Å². The van der Waals surface area contributed by atoms with Crippen LogP contribution in [-0.2, 0) is 6.61 Å². The van der Waals surface area contributed by atoms with E-state index in [0.29, 0.717) is 34.5 Å². The number of aromatic nitrogens is 3. The van der Waals surface area contributed by atoms with Gasteiger partial charge in [0, 0.05) is 10.6 Å². The molecule has 2 aromatic carbocycles. The van der Waals surface area contributed by atoms with Crippen molar-refractivity contribution in [2.75, 3.05) is 18.6 Å². The molecule has 0 saturated heterocycles. The van der Waals surface area contributed by atoms with Gasteiger partial charge < -0.3 is 20.9 Å². The Morgan fingerprint density at radius 3 is 2.24 bits per heavy atom. The summed E-state index contributed by atoms with van der Waals surface area (Å²) in [6, 6.07) is 12.8. The maximum atomic E-state index is 5.88. The monoisotopic (exact) mass is 357 g/mol. The summed E-state index contributed by atoms with van der Waals surface area (Å²) in [4.78, 5) is 11.9. The molecule has 0 saturated carbocycles. The second-order valence-corrected chi connectivity index (χ2v) is 5.59. The Kier molecular flexibility index (Phi) is 4.85. The zero-order valence-corrected chi connectivity index (χ0v) is 14.2. The Morgan fingerprint density at radius 1 is 0.920 bits per heavy atom. The predicted molar refractivity (Wildman–Crippen MR) is 96.4 cm³/mol. The topological polar surface area (TPSA) is 109 Å². The lowest BCUT2D eigenvalue weighted by molar-refractivity contribution is 0.284. The SMILES string of the molecule is COc1cc(-c2nc(N)nc(N)n2)ccc1OCc1ccc(Cl)cc1. The van der Waals surface area contributed by atoms with Gasteiger partial charge >= 0.3 is 0 Å². The third-order valence-electron chi connectivity index (χ3n) is 3.40. The zero-order chi connectivity index (χ0) is 17.8. The highest BCUT2D eigenvalue weighted by Crippen LogP contribution is 2.32. The predicted octanol–water partition coefficient (Wildman–Crippen LogP) is 2.94. The quantitative estimate of drug-likeness (QED) is 0.722. The van der Waals surface area contributed by atoms with Gasteiger partial charge in [0.2, 0.25) is 11.9 Å². The van der Waals surface area contributed by atoms with Crippen LogP contribution in [0.15, 0.2) is 42.5 Å². The van der Waals surface area contributed by atoms with Crippen LogP contribution >= 0.6 is 11.6 Å². The average Bonchev–Trinajstić information content (AvgIpc) is 2.60. The molecule has 0 radical (unpaired) electrons. The van der Waals surface area contributed by atoms with Gasteiger partial charge in [0.15, 0.2) is 17.3 Å². The normalized spacial score (nSPS) is 10.5. The highest BCUT2D eigenvalue weighted by atomic mass is 35.5. The smallest absolute Gasteiger partial charge is 0.225 e.